The molecule has 1 aliphatic rings. The molecular weight excluding hydrogens is 256 g/mol. The molecular formula is C15H16N2O3. The van der Waals surface area contributed by atoms with Gasteiger partial charge in [-0.1, -0.05) is 12.1 Å². The van der Waals surface area contributed by atoms with Crippen molar-refractivity contribution in [3.8, 4) is 0 Å². The summed E-state index contributed by atoms with van der Waals surface area (Å²) in [6.07, 6.45) is 1.99. The van der Waals surface area contributed by atoms with E-state index in [2.05, 4.69) is 4.98 Å². The molecule has 1 aromatic heterocycles. The van der Waals surface area contributed by atoms with Gasteiger partial charge in [0, 0.05) is 30.2 Å². The summed E-state index contributed by atoms with van der Waals surface area (Å²) in [5.41, 5.74) is -0.293. The molecule has 1 aliphatic heterocycles. The molecule has 0 aliphatic carbocycles. The standard InChI is InChI=1S/C15H16N2O3/c1-15(20)6-7-17(9-15)14(19)11-8-16-12-5-3-2-4-10(12)13(11)18/h2-5,8,20H,6-7,9H2,1H3,(H,16,18). The number of carbonyl (C=O) groups is 1. The van der Waals surface area contributed by atoms with Gasteiger partial charge >= 0.3 is 0 Å². The van der Waals surface area contributed by atoms with Gasteiger partial charge in [0.2, 0.25) is 5.43 Å². The average Bonchev–Trinajstić information content (AvgIpc) is 2.79. The fourth-order valence-electron chi connectivity index (χ4n) is 2.62. The molecule has 3 rings (SSSR count). The Kier molecular flexibility index (Phi) is 2.87. The summed E-state index contributed by atoms with van der Waals surface area (Å²) in [7, 11) is 0. The van der Waals surface area contributed by atoms with E-state index >= 15 is 0 Å². The topological polar surface area (TPSA) is 73.4 Å². The molecule has 20 heavy (non-hydrogen) atoms. The summed E-state index contributed by atoms with van der Waals surface area (Å²) in [5, 5.41) is 10.4. The lowest BCUT2D eigenvalue weighted by molar-refractivity contribution is 0.0571. The number of pyridine rings is 1. The average molecular weight is 272 g/mol. The summed E-state index contributed by atoms with van der Waals surface area (Å²) in [6, 6.07) is 7.10. The van der Waals surface area contributed by atoms with Crippen molar-refractivity contribution in [3.63, 3.8) is 0 Å². The van der Waals surface area contributed by atoms with Crippen LogP contribution in [0, 0.1) is 0 Å². The number of likely N-dealkylation sites (tertiary alicyclic amines) is 1. The highest BCUT2D eigenvalue weighted by atomic mass is 16.3. The number of benzene rings is 1. The van der Waals surface area contributed by atoms with Crippen LogP contribution in [-0.4, -0.2) is 39.6 Å². The highest BCUT2D eigenvalue weighted by Gasteiger charge is 2.35. The SMILES string of the molecule is CC1(O)CCN(C(=O)c2c[nH]c3ccccc3c2=O)C1. The number of aromatic nitrogens is 1. The van der Waals surface area contributed by atoms with Crippen LogP contribution in [0.15, 0.2) is 35.3 Å². The number of hydrogen-bond donors (Lipinski definition) is 2. The first-order chi connectivity index (χ1) is 9.48. The van der Waals surface area contributed by atoms with Gasteiger partial charge in [-0.15, -0.1) is 0 Å². The van der Waals surface area contributed by atoms with Crippen LogP contribution in [0.25, 0.3) is 10.9 Å². The number of amides is 1. The molecule has 5 nitrogen and oxygen atoms in total. The molecule has 2 aromatic rings. The molecule has 5 heteroatoms. The summed E-state index contributed by atoms with van der Waals surface area (Å²) in [6.45, 7) is 2.43. The second-order valence-corrected chi connectivity index (χ2v) is 5.55. The van der Waals surface area contributed by atoms with E-state index in [9.17, 15) is 14.7 Å². The van der Waals surface area contributed by atoms with Crippen molar-refractivity contribution < 1.29 is 9.90 Å². The van der Waals surface area contributed by atoms with E-state index in [1.807, 2.05) is 6.07 Å². The molecule has 0 bridgehead atoms. The van der Waals surface area contributed by atoms with Gasteiger partial charge in [-0.05, 0) is 25.5 Å². The Morgan fingerprint density at radius 3 is 2.85 bits per heavy atom. The maximum atomic E-state index is 12.4. The van der Waals surface area contributed by atoms with Crippen LogP contribution >= 0.6 is 0 Å². The zero-order chi connectivity index (χ0) is 14.3. The van der Waals surface area contributed by atoms with Crippen LogP contribution in [0.4, 0.5) is 0 Å². The third-order valence-electron chi connectivity index (χ3n) is 3.76. The molecule has 0 radical (unpaired) electrons. The van der Waals surface area contributed by atoms with E-state index in [4.69, 9.17) is 0 Å². The van der Waals surface area contributed by atoms with Crippen molar-refractivity contribution in [1.29, 1.82) is 0 Å². The van der Waals surface area contributed by atoms with E-state index < -0.39 is 5.60 Å². The van der Waals surface area contributed by atoms with E-state index in [1.54, 1.807) is 25.1 Å². The molecule has 104 valence electrons. The first-order valence-corrected chi connectivity index (χ1v) is 6.60. The second kappa shape index (κ2) is 4.45. The van der Waals surface area contributed by atoms with Crippen molar-refractivity contribution in [2.45, 2.75) is 18.9 Å². The maximum absolute atomic E-state index is 12.4. The highest BCUT2D eigenvalue weighted by molar-refractivity contribution is 5.97. The smallest absolute Gasteiger partial charge is 0.259 e. The minimum absolute atomic E-state index is 0.126. The van der Waals surface area contributed by atoms with Crippen LogP contribution < -0.4 is 5.43 Å². The first-order valence-electron chi connectivity index (χ1n) is 6.60. The fraction of sp³-hybridized carbons (Fsp3) is 0.333. The van der Waals surface area contributed by atoms with Crippen molar-refractivity contribution in [2.24, 2.45) is 0 Å². The Morgan fingerprint density at radius 2 is 2.15 bits per heavy atom. The quantitative estimate of drug-likeness (QED) is 0.817. The van der Waals surface area contributed by atoms with Crippen LogP contribution in [-0.2, 0) is 0 Å². The molecule has 1 amide bonds. The number of carbonyl (C=O) groups excluding carboxylic acids is 1. The monoisotopic (exact) mass is 272 g/mol. The lowest BCUT2D eigenvalue weighted by Crippen LogP contribution is -2.36. The van der Waals surface area contributed by atoms with E-state index in [0.29, 0.717) is 23.9 Å². The predicted molar refractivity (Wildman–Crippen MR) is 75.7 cm³/mol. The summed E-state index contributed by atoms with van der Waals surface area (Å²) < 4.78 is 0. The number of hydrogen-bond acceptors (Lipinski definition) is 3. The molecule has 0 saturated carbocycles. The number of aromatic amines is 1. The zero-order valence-corrected chi connectivity index (χ0v) is 11.2. The van der Waals surface area contributed by atoms with Crippen molar-refractivity contribution in [2.75, 3.05) is 13.1 Å². The van der Waals surface area contributed by atoms with Crippen molar-refractivity contribution in [3.05, 3.63) is 46.2 Å². The number of rotatable bonds is 1. The van der Waals surface area contributed by atoms with Crippen molar-refractivity contribution in [1.82, 2.24) is 9.88 Å². The van der Waals surface area contributed by atoms with Gasteiger partial charge in [0.05, 0.1) is 5.60 Å². The van der Waals surface area contributed by atoms with Gasteiger partial charge in [-0.3, -0.25) is 9.59 Å². The van der Waals surface area contributed by atoms with E-state index in [0.717, 1.165) is 0 Å². The van der Waals surface area contributed by atoms with E-state index in [1.165, 1.54) is 11.1 Å². The fourth-order valence-corrected chi connectivity index (χ4v) is 2.62. The Hall–Kier alpha value is -2.14. The normalized spacial score (nSPS) is 22.4. The Morgan fingerprint density at radius 1 is 1.40 bits per heavy atom. The Labute approximate surface area is 115 Å². The molecule has 1 unspecified atom stereocenters. The lowest BCUT2D eigenvalue weighted by atomic mass is 10.1. The predicted octanol–water partition coefficient (Wildman–Crippen LogP) is 1.12. The van der Waals surface area contributed by atoms with Crippen LogP contribution in [0.1, 0.15) is 23.7 Å². The number of H-pyrrole nitrogens is 1. The number of nitrogens with one attached hydrogen (secondary N) is 1. The summed E-state index contributed by atoms with van der Waals surface area (Å²) >= 11 is 0. The number of aliphatic hydroxyl groups is 1. The van der Waals surface area contributed by atoms with Gasteiger partial charge in [0.1, 0.15) is 5.56 Å². The highest BCUT2D eigenvalue weighted by Crippen LogP contribution is 2.21. The van der Waals surface area contributed by atoms with Gasteiger partial charge in [-0.25, -0.2) is 0 Å². The zero-order valence-electron chi connectivity index (χ0n) is 11.2. The molecule has 1 aromatic carbocycles. The lowest BCUT2D eigenvalue weighted by Gasteiger charge is -2.18. The van der Waals surface area contributed by atoms with Gasteiger partial charge < -0.3 is 15.0 Å². The molecule has 1 atom stereocenters. The Bertz CT molecular complexity index is 733. The van der Waals surface area contributed by atoms with Crippen LogP contribution in [0.3, 0.4) is 0 Å². The maximum Gasteiger partial charge on any atom is 0.259 e. The second-order valence-electron chi connectivity index (χ2n) is 5.55. The summed E-state index contributed by atoms with van der Waals surface area (Å²) in [5.74, 6) is -0.324. The number of β-amino-alcohol motifs (C(OH)–C–C–N with tert-alkyl or cyclic N) is 1. The minimum Gasteiger partial charge on any atom is -0.388 e. The van der Waals surface area contributed by atoms with Crippen LogP contribution in [0.2, 0.25) is 0 Å². The van der Waals surface area contributed by atoms with Gasteiger partial charge in [-0.2, -0.15) is 0 Å². The molecule has 1 fully saturated rings. The Balaban J connectivity index is 2.01. The van der Waals surface area contributed by atoms with Gasteiger partial charge in [0.25, 0.3) is 5.91 Å². The molecule has 0 spiro atoms. The molecule has 2 N–H and O–H groups in total. The van der Waals surface area contributed by atoms with E-state index in [-0.39, 0.29) is 23.4 Å². The molecule has 2 heterocycles. The molecule has 1 saturated heterocycles. The van der Waals surface area contributed by atoms with Crippen LogP contribution in [0.5, 0.6) is 0 Å². The third-order valence-corrected chi connectivity index (χ3v) is 3.76. The van der Waals surface area contributed by atoms with Crippen molar-refractivity contribution >= 4 is 16.8 Å². The third kappa shape index (κ3) is 2.10. The number of fused-ring (bicyclic) bond motifs is 1. The number of nitrogens with zero attached hydrogens (tertiary/aromatic N) is 1. The minimum atomic E-state index is -0.862. The summed E-state index contributed by atoms with van der Waals surface area (Å²) in [4.78, 5) is 29.3. The van der Waals surface area contributed by atoms with Gasteiger partial charge in [0.15, 0.2) is 0 Å². The largest absolute Gasteiger partial charge is 0.388 e. The first kappa shape index (κ1) is 12.9. The number of para-hydroxylation sites is 1.